The third kappa shape index (κ3) is 5.54. The van der Waals surface area contributed by atoms with E-state index in [-0.39, 0.29) is 5.91 Å². The highest BCUT2D eigenvalue weighted by molar-refractivity contribution is 6.30. The monoisotopic (exact) mass is 448 g/mol. The molecule has 32 heavy (non-hydrogen) atoms. The van der Waals surface area contributed by atoms with Gasteiger partial charge in [0.15, 0.2) is 0 Å². The van der Waals surface area contributed by atoms with Crippen molar-refractivity contribution in [2.45, 2.75) is 6.54 Å². The largest absolute Gasteiger partial charge is 0.310 e. The normalized spacial score (nSPS) is 14.8. The smallest absolute Gasteiger partial charge is 0.239 e. The predicted octanol–water partition coefficient (Wildman–Crippen LogP) is 3.37. The number of aryl methyl sites for hydroxylation is 1. The molecule has 7 nitrogen and oxygen atoms in total. The van der Waals surface area contributed by atoms with E-state index in [4.69, 9.17) is 16.9 Å². The van der Waals surface area contributed by atoms with E-state index in [0.717, 1.165) is 44.0 Å². The van der Waals surface area contributed by atoms with Crippen molar-refractivity contribution in [3.63, 3.8) is 0 Å². The number of nitrogens with one attached hydrogen (secondary N) is 1. The molecular formula is C24H25ClN6O. The molecule has 2 heterocycles. The molecule has 1 fully saturated rings. The van der Waals surface area contributed by atoms with Gasteiger partial charge in [-0.1, -0.05) is 35.9 Å². The van der Waals surface area contributed by atoms with Crippen molar-refractivity contribution in [1.82, 2.24) is 19.6 Å². The van der Waals surface area contributed by atoms with E-state index in [1.165, 1.54) is 5.56 Å². The van der Waals surface area contributed by atoms with Crippen LogP contribution in [-0.4, -0.2) is 58.2 Å². The summed E-state index contributed by atoms with van der Waals surface area (Å²) in [4.78, 5) is 17.1. The molecule has 1 aliphatic heterocycles. The molecule has 8 heteroatoms. The molecule has 0 atom stereocenters. The van der Waals surface area contributed by atoms with Crippen molar-refractivity contribution >= 4 is 23.3 Å². The van der Waals surface area contributed by atoms with Crippen molar-refractivity contribution < 1.29 is 4.79 Å². The molecule has 1 amide bonds. The molecule has 3 aromatic rings. The van der Waals surface area contributed by atoms with Crippen LogP contribution >= 0.6 is 11.6 Å². The van der Waals surface area contributed by atoms with E-state index in [0.29, 0.717) is 22.9 Å². The fourth-order valence-electron chi connectivity index (χ4n) is 3.78. The number of nitrogens with zero attached hydrogens (tertiary/aromatic N) is 5. The fourth-order valence-corrected chi connectivity index (χ4v) is 3.91. The van der Waals surface area contributed by atoms with Gasteiger partial charge in [0.2, 0.25) is 5.91 Å². The zero-order valence-electron chi connectivity index (χ0n) is 18.0. The Morgan fingerprint density at radius 2 is 1.72 bits per heavy atom. The molecule has 1 N–H and O–H groups in total. The van der Waals surface area contributed by atoms with Crippen LogP contribution in [0.3, 0.4) is 0 Å². The molecule has 4 rings (SSSR count). The molecule has 164 valence electrons. The molecule has 1 aliphatic rings. The van der Waals surface area contributed by atoms with Gasteiger partial charge in [-0.2, -0.15) is 10.4 Å². The summed E-state index contributed by atoms with van der Waals surface area (Å²) in [5.41, 5.74) is 3.61. The predicted molar refractivity (Wildman–Crippen MR) is 125 cm³/mol. The van der Waals surface area contributed by atoms with Crippen LogP contribution in [0.2, 0.25) is 5.02 Å². The van der Waals surface area contributed by atoms with Crippen LogP contribution < -0.4 is 5.32 Å². The molecule has 0 radical (unpaired) electrons. The Hall–Kier alpha value is -3.18. The van der Waals surface area contributed by atoms with Crippen LogP contribution in [-0.2, 0) is 18.4 Å². The second-order valence-corrected chi connectivity index (χ2v) is 8.39. The second kappa shape index (κ2) is 9.96. The van der Waals surface area contributed by atoms with E-state index < -0.39 is 0 Å². The summed E-state index contributed by atoms with van der Waals surface area (Å²) in [6, 6.07) is 19.2. The lowest BCUT2D eigenvalue weighted by atomic mass is 10.1. The third-order valence-corrected chi connectivity index (χ3v) is 5.86. The van der Waals surface area contributed by atoms with Crippen LogP contribution in [0.4, 0.5) is 5.82 Å². The summed E-state index contributed by atoms with van der Waals surface area (Å²) in [5, 5.41) is 17.1. The summed E-state index contributed by atoms with van der Waals surface area (Å²) >= 11 is 5.96. The van der Waals surface area contributed by atoms with Gasteiger partial charge < -0.3 is 5.32 Å². The van der Waals surface area contributed by atoms with Gasteiger partial charge in [0, 0.05) is 56.4 Å². The number of benzene rings is 2. The molecule has 1 aromatic heterocycles. The van der Waals surface area contributed by atoms with Crippen molar-refractivity contribution in [3.8, 4) is 17.3 Å². The standard InChI is InChI=1S/C24H25ClN6O/c1-29-23(14-22(28-29)20-6-8-21(25)9-7-20)27-24(32)17-31-12-10-30(11-13-31)16-19-4-2-18(15-26)3-5-19/h2-9,14H,10-13,16-17H2,1H3,(H,27,32). The van der Waals surface area contributed by atoms with Gasteiger partial charge in [-0.15, -0.1) is 0 Å². The Bertz CT molecular complexity index is 1110. The van der Waals surface area contributed by atoms with E-state index in [2.05, 4.69) is 26.3 Å². The average Bonchev–Trinajstić information content (AvgIpc) is 3.16. The zero-order valence-corrected chi connectivity index (χ0v) is 18.7. The van der Waals surface area contributed by atoms with E-state index in [1.807, 2.05) is 61.6 Å². The first kappa shape index (κ1) is 22.0. The number of rotatable bonds is 6. The Morgan fingerprint density at radius 3 is 2.38 bits per heavy atom. The molecule has 0 spiro atoms. The SMILES string of the molecule is Cn1nc(-c2ccc(Cl)cc2)cc1NC(=O)CN1CCN(Cc2ccc(C#N)cc2)CC1. The molecule has 0 unspecified atom stereocenters. The Labute approximate surface area is 192 Å². The minimum absolute atomic E-state index is 0.0452. The van der Waals surface area contributed by atoms with Crippen LogP contribution in [0.5, 0.6) is 0 Å². The minimum atomic E-state index is -0.0452. The quantitative estimate of drug-likeness (QED) is 0.625. The number of carbonyl (C=O) groups is 1. The van der Waals surface area contributed by atoms with Gasteiger partial charge in [-0.3, -0.25) is 19.3 Å². The van der Waals surface area contributed by atoms with Crippen LogP contribution in [0, 0.1) is 11.3 Å². The van der Waals surface area contributed by atoms with Crippen molar-refractivity contribution in [2.75, 3.05) is 38.0 Å². The first-order valence-corrected chi connectivity index (χ1v) is 10.9. The maximum absolute atomic E-state index is 12.6. The average molecular weight is 449 g/mol. The number of hydrogen-bond acceptors (Lipinski definition) is 5. The topological polar surface area (TPSA) is 77.2 Å². The number of carbonyl (C=O) groups excluding carboxylic acids is 1. The third-order valence-electron chi connectivity index (χ3n) is 5.61. The summed E-state index contributed by atoms with van der Waals surface area (Å²) in [5.74, 6) is 0.621. The first-order chi connectivity index (χ1) is 15.5. The van der Waals surface area contributed by atoms with E-state index in [9.17, 15) is 4.79 Å². The summed E-state index contributed by atoms with van der Waals surface area (Å²) in [6.07, 6.45) is 0. The highest BCUT2D eigenvalue weighted by Gasteiger charge is 2.20. The van der Waals surface area contributed by atoms with Crippen molar-refractivity contribution in [1.29, 1.82) is 5.26 Å². The molecule has 0 bridgehead atoms. The number of piperazine rings is 1. The summed E-state index contributed by atoms with van der Waals surface area (Å²) in [6.45, 7) is 4.69. The van der Waals surface area contributed by atoms with Gasteiger partial charge in [0.1, 0.15) is 5.82 Å². The summed E-state index contributed by atoms with van der Waals surface area (Å²) in [7, 11) is 1.82. The lowest BCUT2D eigenvalue weighted by Crippen LogP contribution is -2.48. The zero-order chi connectivity index (χ0) is 22.5. The van der Waals surface area contributed by atoms with Crippen LogP contribution in [0.1, 0.15) is 11.1 Å². The van der Waals surface area contributed by atoms with E-state index >= 15 is 0 Å². The van der Waals surface area contributed by atoms with Gasteiger partial charge in [0.25, 0.3) is 0 Å². The molecule has 0 saturated carbocycles. The summed E-state index contributed by atoms with van der Waals surface area (Å²) < 4.78 is 1.68. The van der Waals surface area contributed by atoms with Gasteiger partial charge in [-0.05, 0) is 29.8 Å². The maximum Gasteiger partial charge on any atom is 0.239 e. The second-order valence-electron chi connectivity index (χ2n) is 7.95. The van der Waals surface area contributed by atoms with Gasteiger partial charge >= 0.3 is 0 Å². The lowest BCUT2D eigenvalue weighted by Gasteiger charge is -2.34. The van der Waals surface area contributed by atoms with Crippen molar-refractivity contribution in [3.05, 3.63) is 70.7 Å². The van der Waals surface area contributed by atoms with Crippen molar-refractivity contribution in [2.24, 2.45) is 7.05 Å². The fraction of sp³-hybridized carbons (Fsp3) is 0.292. The molecule has 0 aliphatic carbocycles. The minimum Gasteiger partial charge on any atom is -0.310 e. The van der Waals surface area contributed by atoms with Gasteiger partial charge in [0.05, 0.1) is 23.9 Å². The number of halogens is 1. The number of anilines is 1. The Morgan fingerprint density at radius 1 is 1.06 bits per heavy atom. The van der Waals surface area contributed by atoms with Crippen LogP contribution in [0.15, 0.2) is 54.6 Å². The lowest BCUT2D eigenvalue weighted by molar-refractivity contribution is -0.117. The Kier molecular flexibility index (Phi) is 6.86. The number of hydrogen-bond donors (Lipinski definition) is 1. The number of aromatic nitrogens is 2. The highest BCUT2D eigenvalue weighted by atomic mass is 35.5. The highest BCUT2D eigenvalue weighted by Crippen LogP contribution is 2.23. The first-order valence-electron chi connectivity index (χ1n) is 10.5. The maximum atomic E-state index is 12.6. The van der Waals surface area contributed by atoms with E-state index in [1.54, 1.807) is 4.68 Å². The Balaban J connectivity index is 1.26. The van der Waals surface area contributed by atoms with Gasteiger partial charge in [-0.25, -0.2) is 0 Å². The molecular weight excluding hydrogens is 424 g/mol. The molecule has 1 saturated heterocycles. The molecule has 2 aromatic carbocycles. The number of nitriles is 1. The number of amides is 1. The van der Waals surface area contributed by atoms with Crippen LogP contribution in [0.25, 0.3) is 11.3 Å².